The molecule has 1 atom stereocenters. The minimum absolute atomic E-state index is 0.109. The lowest BCUT2D eigenvalue weighted by atomic mass is 9.89. The molecule has 26 heavy (non-hydrogen) atoms. The number of benzene rings is 2. The van der Waals surface area contributed by atoms with Crippen LogP contribution >= 0.6 is 0 Å². The third kappa shape index (κ3) is 3.88. The van der Waals surface area contributed by atoms with Crippen molar-refractivity contribution < 1.29 is 23.9 Å². The van der Waals surface area contributed by atoms with Gasteiger partial charge in [0.15, 0.2) is 0 Å². The Balaban J connectivity index is 1.91. The van der Waals surface area contributed by atoms with Gasteiger partial charge in [0.1, 0.15) is 12.4 Å². The number of amides is 2. The molecular weight excluding hydrogens is 339 g/mol. The molecule has 0 aliphatic carbocycles. The van der Waals surface area contributed by atoms with Crippen molar-refractivity contribution in [1.82, 2.24) is 4.90 Å². The monoisotopic (exact) mass is 356 g/mol. The van der Waals surface area contributed by atoms with E-state index in [2.05, 4.69) is 5.32 Å². The summed E-state index contributed by atoms with van der Waals surface area (Å²) in [6.45, 7) is -0.372. The number of carboxylic acids is 1. The molecule has 0 aromatic heterocycles. The highest BCUT2D eigenvalue weighted by molar-refractivity contribution is 6.01. The fourth-order valence-electron chi connectivity index (χ4n) is 3.06. The van der Waals surface area contributed by atoms with E-state index in [4.69, 9.17) is 0 Å². The molecule has 0 saturated heterocycles. The molecule has 134 valence electrons. The molecular formula is C19H17FN2O4. The van der Waals surface area contributed by atoms with Gasteiger partial charge >= 0.3 is 5.97 Å². The van der Waals surface area contributed by atoms with E-state index in [1.54, 1.807) is 24.3 Å². The summed E-state index contributed by atoms with van der Waals surface area (Å²) >= 11 is 0. The van der Waals surface area contributed by atoms with Crippen LogP contribution in [0, 0.1) is 5.82 Å². The topological polar surface area (TPSA) is 86.7 Å². The van der Waals surface area contributed by atoms with Crippen LogP contribution < -0.4 is 5.32 Å². The number of fused-ring (bicyclic) bond motifs is 1. The number of rotatable bonds is 5. The number of carbonyl (C=O) groups excluding carboxylic acids is 2. The molecule has 1 heterocycles. The molecule has 3 rings (SSSR count). The Bertz CT molecular complexity index is 854. The fraction of sp³-hybridized carbons (Fsp3) is 0.211. The normalized spacial score (nSPS) is 15.7. The minimum atomic E-state index is -1.14. The number of aliphatic carboxylic acids is 1. The predicted molar refractivity (Wildman–Crippen MR) is 91.9 cm³/mol. The first-order chi connectivity index (χ1) is 12.4. The van der Waals surface area contributed by atoms with E-state index >= 15 is 0 Å². The van der Waals surface area contributed by atoms with E-state index < -0.39 is 36.1 Å². The third-order valence-corrected chi connectivity index (χ3v) is 4.21. The molecule has 6 nitrogen and oxygen atoms in total. The van der Waals surface area contributed by atoms with Crippen LogP contribution in [-0.4, -0.2) is 34.3 Å². The smallest absolute Gasteiger partial charge is 0.323 e. The van der Waals surface area contributed by atoms with E-state index in [1.807, 2.05) is 6.07 Å². The lowest BCUT2D eigenvalue weighted by Gasteiger charge is -2.30. The molecule has 2 aromatic rings. The summed E-state index contributed by atoms with van der Waals surface area (Å²) in [5.41, 5.74) is 1.51. The van der Waals surface area contributed by atoms with Crippen molar-refractivity contribution >= 4 is 23.5 Å². The first kappa shape index (κ1) is 17.6. The van der Waals surface area contributed by atoms with E-state index in [-0.39, 0.29) is 18.7 Å². The second-order valence-corrected chi connectivity index (χ2v) is 6.11. The summed E-state index contributed by atoms with van der Waals surface area (Å²) in [7, 11) is 0. The zero-order valence-electron chi connectivity index (χ0n) is 13.8. The lowest BCUT2D eigenvalue weighted by Crippen LogP contribution is -2.41. The number of hydrogen-bond donors (Lipinski definition) is 2. The van der Waals surface area contributed by atoms with Crippen molar-refractivity contribution in [3.63, 3.8) is 0 Å². The summed E-state index contributed by atoms with van der Waals surface area (Å²) < 4.78 is 13.4. The van der Waals surface area contributed by atoms with Crippen molar-refractivity contribution in [3.8, 4) is 0 Å². The molecule has 1 aliphatic heterocycles. The summed E-state index contributed by atoms with van der Waals surface area (Å²) in [6, 6.07) is 12.8. The van der Waals surface area contributed by atoms with Crippen molar-refractivity contribution in [3.05, 3.63) is 65.5 Å². The minimum Gasteiger partial charge on any atom is -0.480 e. The van der Waals surface area contributed by atoms with Crippen LogP contribution in [0.1, 0.15) is 23.5 Å². The van der Waals surface area contributed by atoms with Gasteiger partial charge in [0.25, 0.3) is 0 Å². The van der Waals surface area contributed by atoms with Crippen LogP contribution in [0.25, 0.3) is 0 Å². The zero-order chi connectivity index (χ0) is 18.7. The van der Waals surface area contributed by atoms with Gasteiger partial charge in [0.05, 0.1) is 5.92 Å². The van der Waals surface area contributed by atoms with Gasteiger partial charge in [-0.1, -0.05) is 36.4 Å². The number of hydrogen-bond acceptors (Lipinski definition) is 3. The van der Waals surface area contributed by atoms with Crippen molar-refractivity contribution in [2.24, 2.45) is 0 Å². The molecule has 2 N–H and O–H groups in total. The molecule has 0 bridgehead atoms. The van der Waals surface area contributed by atoms with Crippen molar-refractivity contribution in [2.75, 3.05) is 11.9 Å². The largest absolute Gasteiger partial charge is 0.480 e. The third-order valence-electron chi connectivity index (χ3n) is 4.21. The van der Waals surface area contributed by atoms with E-state index in [9.17, 15) is 23.9 Å². The van der Waals surface area contributed by atoms with Gasteiger partial charge < -0.3 is 15.3 Å². The fourth-order valence-corrected chi connectivity index (χ4v) is 3.06. The summed E-state index contributed by atoms with van der Waals surface area (Å²) in [4.78, 5) is 37.4. The maximum Gasteiger partial charge on any atom is 0.323 e. The first-order valence-electron chi connectivity index (χ1n) is 8.08. The number of carboxylic acid groups (broad SMARTS) is 1. The van der Waals surface area contributed by atoms with Crippen LogP contribution in [0.4, 0.5) is 10.1 Å². The van der Waals surface area contributed by atoms with Gasteiger partial charge in [-0.2, -0.15) is 0 Å². The second-order valence-electron chi connectivity index (χ2n) is 6.11. The number of nitrogens with one attached hydrogen (secondary N) is 1. The van der Waals surface area contributed by atoms with Crippen LogP contribution in [0.5, 0.6) is 0 Å². The van der Waals surface area contributed by atoms with Gasteiger partial charge in [-0.25, -0.2) is 4.39 Å². The summed E-state index contributed by atoms with van der Waals surface area (Å²) in [5, 5.41) is 11.7. The maximum atomic E-state index is 13.4. The quantitative estimate of drug-likeness (QED) is 0.861. The molecule has 0 radical (unpaired) electrons. The van der Waals surface area contributed by atoms with Crippen molar-refractivity contribution in [2.45, 2.75) is 18.9 Å². The SMILES string of the molecule is O=C(O)CN(Cc1ccccc1)C(=O)[C@H]1CC(=O)Nc2cc(F)ccc21. The Morgan fingerprint density at radius 3 is 2.62 bits per heavy atom. The molecule has 2 amide bonds. The zero-order valence-corrected chi connectivity index (χ0v) is 13.8. The van der Waals surface area contributed by atoms with Gasteiger partial charge in [-0.15, -0.1) is 0 Å². The standard InChI is InChI=1S/C19H17FN2O4/c20-13-6-7-14-15(9-17(23)21-16(14)8-13)19(26)22(11-18(24)25)10-12-4-2-1-3-5-12/h1-8,15H,9-11H2,(H,21,23)(H,24,25)/t15-/m0/s1. The molecule has 7 heteroatoms. The molecule has 2 aromatic carbocycles. The highest BCUT2D eigenvalue weighted by Crippen LogP contribution is 2.34. The molecule has 0 fully saturated rings. The van der Waals surface area contributed by atoms with E-state index in [0.717, 1.165) is 11.6 Å². The van der Waals surface area contributed by atoms with Crippen molar-refractivity contribution in [1.29, 1.82) is 0 Å². The molecule has 0 spiro atoms. The number of halogens is 1. The molecule has 0 saturated carbocycles. The Morgan fingerprint density at radius 1 is 1.19 bits per heavy atom. The average Bonchev–Trinajstić information content (AvgIpc) is 2.60. The number of nitrogens with zero attached hydrogens (tertiary/aromatic N) is 1. The Morgan fingerprint density at radius 2 is 1.92 bits per heavy atom. The lowest BCUT2D eigenvalue weighted by molar-refractivity contribution is -0.146. The predicted octanol–water partition coefficient (Wildman–Crippen LogP) is 2.36. The maximum absolute atomic E-state index is 13.4. The Labute approximate surface area is 149 Å². The van der Waals surface area contributed by atoms with Crippen LogP contribution in [-0.2, 0) is 20.9 Å². The van der Waals surface area contributed by atoms with Crippen LogP contribution in [0.2, 0.25) is 0 Å². The number of anilines is 1. The second kappa shape index (κ2) is 7.35. The van der Waals surface area contributed by atoms with Gasteiger partial charge in [0, 0.05) is 18.7 Å². The van der Waals surface area contributed by atoms with E-state index in [1.165, 1.54) is 17.0 Å². The van der Waals surface area contributed by atoms with Crippen LogP contribution in [0.15, 0.2) is 48.5 Å². The number of carbonyl (C=O) groups is 3. The van der Waals surface area contributed by atoms with Gasteiger partial charge in [-0.3, -0.25) is 14.4 Å². The van der Waals surface area contributed by atoms with Crippen LogP contribution in [0.3, 0.4) is 0 Å². The Kier molecular flexibility index (Phi) is 4.97. The highest BCUT2D eigenvalue weighted by Gasteiger charge is 2.34. The highest BCUT2D eigenvalue weighted by atomic mass is 19.1. The Hall–Kier alpha value is -3.22. The van der Waals surface area contributed by atoms with Gasteiger partial charge in [0.2, 0.25) is 11.8 Å². The average molecular weight is 356 g/mol. The summed E-state index contributed by atoms with van der Waals surface area (Å²) in [6.07, 6.45) is -0.109. The molecule has 1 aliphatic rings. The van der Waals surface area contributed by atoms with Gasteiger partial charge in [-0.05, 0) is 23.3 Å². The van der Waals surface area contributed by atoms with E-state index in [0.29, 0.717) is 5.56 Å². The first-order valence-corrected chi connectivity index (χ1v) is 8.08. The summed E-state index contributed by atoms with van der Waals surface area (Å²) in [5.74, 6) is -3.39. The molecule has 0 unspecified atom stereocenters.